The molecular weight excluding hydrogens is 353 g/mol. The molecule has 1 saturated heterocycles. The van der Waals surface area contributed by atoms with Crippen molar-refractivity contribution in [1.29, 1.82) is 0 Å². The lowest BCUT2D eigenvalue weighted by Crippen LogP contribution is -2.46. The van der Waals surface area contributed by atoms with Gasteiger partial charge < -0.3 is 4.90 Å². The van der Waals surface area contributed by atoms with Gasteiger partial charge in [-0.2, -0.15) is 13.2 Å². The van der Waals surface area contributed by atoms with Gasteiger partial charge in [-0.3, -0.25) is 4.90 Å². The smallest absolute Gasteiger partial charge is 0.338 e. The van der Waals surface area contributed by atoms with Gasteiger partial charge in [0.05, 0.1) is 12.1 Å². The van der Waals surface area contributed by atoms with Gasteiger partial charge in [0.1, 0.15) is 0 Å². The average Bonchev–Trinajstić information content (AvgIpc) is 2.58. The van der Waals surface area contributed by atoms with E-state index >= 15 is 0 Å². The van der Waals surface area contributed by atoms with Crippen molar-refractivity contribution in [3.8, 4) is 0 Å². The van der Waals surface area contributed by atoms with Crippen LogP contribution in [0.2, 0.25) is 5.02 Å². The fraction of sp³-hybridized carbons (Fsp3) is 0.353. The summed E-state index contributed by atoms with van der Waals surface area (Å²) in [4.78, 5) is 11.7. The topological polar surface area (TPSA) is 32.3 Å². The maximum Gasteiger partial charge on any atom is 0.419 e. The van der Waals surface area contributed by atoms with E-state index in [0.717, 1.165) is 23.5 Å². The molecule has 0 atom stereocenters. The maximum absolute atomic E-state index is 12.6. The van der Waals surface area contributed by atoms with Crippen molar-refractivity contribution in [3.05, 3.63) is 58.9 Å². The number of nitrogens with zero attached hydrogens (tertiary/aromatic N) is 4. The Morgan fingerprint density at radius 2 is 1.72 bits per heavy atom. The van der Waals surface area contributed by atoms with Crippen LogP contribution in [0.5, 0.6) is 0 Å². The fourth-order valence-electron chi connectivity index (χ4n) is 2.64. The molecule has 25 heavy (non-hydrogen) atoms. The molecule has 4 nitrogen and oxygen atoms in total. The highest BCUT2D eigenvalue weighted by Crippen LogP contribution is 2.28. The summed E-state index contributed by atoms with van der Waals surface area (Å²) < 4.78 is 37.7. The number of hydrogen-bond donors (Lipinski definition) is 0. The minimum atomic E-state index is -4.42. The molecule has 133 valence electrons. The van der Waals surface area contributed by atoms with Gasteiger partial charge in [0, 0.05) is 43.6 Å². The summed E-state index contributed by atoms with van der Waals surface area (Å²) >= 11 is 6.21. The normalized spacial score (nSPS) is 16.3. The van der Waals surface area contributed by atoms with Crippen molar-refractivity contribution in [2.24, 2.45) is 0 Å². The Kier molecular flexibility index (Phi) is 5.15. The summed E-state index contributed by atoms with van der Waals surface area (Å²) in [6, 6.07) is 5.85. The molecule has 0 spiro atoms. The monoisotopic (exact) mass is 369 g/mol. The molecule has 0 amide bonds. The number of anilines is 1. The number of rotatable bonds is 3. The van der Waals surface area contributed by atoms with Gasteiger partial charge in [-0.05, 0) is 18.6 Å². The highest BCUT2D eigenvalue weighted by Gasteiger charge is 2.31. The van der Waals surface area contributed by atoms with Crippen LogP contribution in [0.1, 0.15) is 16.7 Å². The molecule has 2 heterocycles. The summed E-state index contributed by atoms with van der Waals surface area (Å²) in [6.45, 7) is 6.72. The maximum atomic E-state index is 12.6. The lowest BCUT2D eigenvalue weighted by atomic mass is 10.1. The molecule has 1 aliphatic heterocycles. The molecule has 1 fully saturated rings. The van der Waals surface area contributed by atoms with Crippen LogP contribution in [0, 0.1) is 13.5 Å². The van der Waals surface area contributed by atoms with Gasteiger partial charge in [0.2, 0.25) is 5.95 Å². The van der Waals surface area contributed by atoms with Crippen molar-refractivity contribution in [2.45, 2.75) is 13.1 Å². The molecule has 0 saturated carbocycles. The molecule has 1 aromatic heterocycles. The van der Waals surface area contributed by atoms with Crippen molar-refractivity contribution < 1.29 is 13.2 Å². The summed E-state index contributed by atoms with van der Waals surface area (Å²) in [5.41, 5.74) is 1.26. The van der Waals surface area contributed by atoms with Crippen molar-refractivity contribution in [2.75, 3.05) is 31.1 Å². The van der Waals surface area contributed by atoms with Crippen LogP contribution in [-0.4, -0.2) is 41.0 Å². The first-order valence-corrected chi connectivity index (χ1v) is 8.20. The average molecular weight is 370 g/mol. The molecule has 1 aromatic carbocycles. The van der Waals surface area contributed by atoms with E-state index in [0.29, 0.717) is 37.1 Å². The second-order valence-corrected chi connectivity index (χ2v) is 6.35. The molecule has 1 aliphatic rings. The molecule has 3 rings (SSSR count). The Morgan fingerprint density at radius 3 is 2.32 bits per heavy atom. The van der Waals surface area contributed by atoms with E-state index in [-0.39, 0.29) is 0 Å². The zero-order chi connectivity index (χ0) is 18.0. The summed E-state index contributed by atoms with van der Waals surface area (Å²) in [6.07, 6.45) is -2.76. The Hall–Kier alpha value is -1.86. The SMILES string of the molecule is Cc1ccc(Cl)c([CH]N2CCN(c3ncc(C(F)(F)F)cn3)CC2)c1. The Morgan fingerprint density at radius 1 is 1.08 bits per heavy atom. The predicted octanol–water partition coefficient (Wildman–Crippen LogP) is 3.79. The summed E-state index contributed by atoms with van der Waals surface area (Å²) in [5, 5.41) is 0.694. The number of aryl methyl sites for hydroxylation is 1. The Labute approximate surface area is 149 Å². The van der Waals surface area contributed by atoms with E-state index in [9.17, 15) is 13.2 Å². The minimum Gasteiger partial charge on any atom is -0.338 e. The van der Waals surface area contributed by atoms with Crippen LogP contribution in [-0.2, 0) is 6.18 Å². The first-order valence-electron chi connectivity index (χ1n) is 7.82. The zero-order valence-corrected chi connectivity index (χ0v) is 14.3. The van der Waals surface area contributed by atoms with Crippen molar-refractivity contribution in [1.82, 2.24) is 14.9 Å². The van der Waals surface area contributed by atoms with E-state index in [1.807, 2.05) is 36.6 Å². The lowest BCUT2D eigenvalue weighted by Gasteiger charge is -2.34. The van der Waals surface area contributed by atoms with Gasteiger partial charge >= 0.3 is 6.18 Å². The van der Waals surface area contributed by atoms with Gasteiger partial charge in [-0.1, -0.05) is 29.3 Å². The highest BCUT2D eigenvalue weighted by molar-refractivity contribution is 6.31. The van der Waals surface area contributed by atoms with Crippen LogP contribution in [0.15, 0.2) is 30.6 Å². The number of piperazine rings is 1. The van der Waals surface area contributed by atoms with Crippen LogP contribution >= 0.6 is 11.6 Å². The molecule has 2 aromatic rings. The molecule has 0 N–H and O–H groups in total. The number of halogens is 4. The predicted molar refractivity (Wildman–Crippen MR) is 90.4 cm³/mol. The number of alkyl halides is 3. The van der Waals surface area contributed by atoms with Gasteiger partial charge in [-0.15, -0.1) is 0 Å². The van der Waals surface area contributed by atoms with E-state index in [4.69, 9.17) is 11.6 Å². The third-order valence-corrected chi connectivity index (χ3v) is 4.38. The molecule has 1 radical (unpaired) electrons. The Balaban J connectivity index is 1.59. The van der Waals surface area contributed by atoms with Crippen molar-refractivity contribution >= 4 is 17.5 Å². The van der Waals surface area contributed by atoms with Crippen LogP contribution < -0.4 is 4.90 Å². The fourth-order valence-corrected chi connectivity index (χ4v) is 2.81. The molecule has 0 unspecified atom stereocenters. The first kappa shape index (κ1) is 17.9. The van der Waals surface area contributed by atoms with Crippen molar-refractivity contribution in [3.63, 3.8) is 0 Å². The van der Waals surface area contributed by atoms with Gasteiger partial charge in [-0.25, -0.2) is 9.97 Å². The van der Waals surface area contributed by atoms with E-state index in [1.54, 1.807) is 0 Å². The van der Waals surface area contributed by atoms with E-state index in [2.05, 4.69) is 14.9 Å². The van der Waals surface area contributed by atoms with E-state index < -0.39 is 11.7 Å². The molecule has 0 aliphatic carbocycles. The minimum absolute atomic E-state index is 0.321. The Bertz CT molecular complexity index is 726. The van der Waals surface area contributed by atoms with Crippen LogP contribution in [0.4, 0.5) is 19.1 Å². The molecule has 0 bridgehead atoms. The van der Waals surface area contributed by atoms with E-state index in [1.165, 1.54) is 0 Å². The second-order valence-electron chi connectivity index (χ2n) is 5.95. The zero-order valence-electron chi connectivity index (χ0n) is 13.6. The van der Waals surface area contributed by atoms with Gasteiger partial charge in [0.25, 0.3) is 0 Å². The molecular formula is C17H17ClF3N4. The third kappa shape index (κ3) is 4.41. The summed E-state index contributed by atoms with van der Waals surface area (Å²) in [7, 11) is 0. The quantitative estimate of drug-likeness (QED) is 0.824. The first-order chi connectivity index (χ1) is 11.8. The third-order valence-electron chi connectivity index (χ3n) is 4.04. The lowest BCUT2D eigenvalue weighted by molar-refractivity contribution is -0.138. The standard InChI is InChI=1S/C17H17ClF3N4/c1-12-2-3-15(18)13(8-12)11-24-4-6-25(7-5-24)16-22-9-14(10-23-16)17(19,20)21/h2-3,8-11H,4-7H2,1H3. The number of aromatic nitrogens is 2. The summed E-state index contributed by atoms with van der Waals surface area (Å²) in [5.74, 6) is 0.321. The highest BCUT2D eigenvalue weighted by atomic mass is 35.5. The molecule has 8 heteroatoms. The largest absolute Gasteiger partial charge is 0.419 e. The van der Waals surface area contributed by atoms with Crippen LogP contribution in [0.25, 0.3) is 0 Å². The second kappa shape index (κ2) is 7.17. The van der Waals surface area contributed by atoms with Crippen LogP contribution in [0.3, 0.4) is 0 Å². The number of benzene rings is 1. The van der Waals surface area contributed by atoms with Gasteiger partial charge in [0.15, 0.2) is 0 Å². The number of hydrogen-bond acceptors (Lipinski definition) is 4.